The predicted octanol–water partition coefficient (Wildman–Crippen LogP) is 1.95. The highest BCUT2D eigenvalue weighted by Crippen LogP contribution is 2.33. The minimum atomic E-state index is -0.172. The zero-order valence-electron chi connectivity index (χ0n) is 11.1. The number of aliphatic hydroxyl groups is 1. The highest BCUT2D eigenvalue weighted by molar-refractivity contribution is 5.94. The van der Waals surface area contributed by atoms with Crippen molar-refractivity contribution in [3.63, 3.8) is 0 Å². The first-order valence-electron chi connectivity index (χ1n) is 6.69. The Morgan fingerprint density at radius 3 is 3.00 bits per heavy atom. The van der Waals surface area contributed by atoms with E-state index in [1.807, 2.05) is 19.1 Å². The number of carbonyl (C=O) groups is 1. The third-order valence-corrected chi connectivity index (χ3v) is 3.20. The Kier molecular flexibility index (Phi) is 4.59. The first-order valence-corrected chi connectivity index (χ1v) is 6.69. The summed E-state index contributed by atoms with van der Waals surface area (Å²) in [6.07, 6.45) is 3.66. The molecular formula is C16H19NO2. The summed E-state index contributed by atoms with van der Waals surface area (Å²) in [7, 11) is 0. The van der Waals surface area contributed by atoms with Gasteiger partial charge in [0.2, 0.25) is 0 Å². The average Bonchev–Trinajstić information content (AvgIpc) is 3.20. The molecule has 0 aromatic heterocycles. The first kappa shape index (κ1) is 13.6. The van der Waals surface area contributed by atoms with Crippen molar-refractivity contribution in [2.45, 2.75) is 32.2 Å². The molecular weight excluding hydrogens is 238 g/mol. The van der Waals surface area contributed by atoms with E-state index in [1.54, 1.807) is 12.1 Å². The van der Waals surface area contributed by atoms with Gasteiger partial charge in [-0.3, -0.25) is 4.79 Å². The maximum absolute atomic E-state index is 12.1. The molecule has 19 heavy (non-hydrogen) atoms. The second kappa shape index (κ2) is 6.40. The first-order chi connectivity index (χ1) is 9.19. The van der Waals surface area contributed by atoms with Gasteiger partial charge in [-0.15, -0.1) is 0 Å². The van der Waals surface area contributed by atoms with Crippen LogP contribution in [-0.4, -0.2) is 23.7 Å². The molecule has 0 saturated heterocycles. The fourth-order valence-corrected chi connectivity index (χ4v) is 2.10. The van der Waals surface area contributed by atoms with Crippen molar-refractivity contribution >= 4 is 5.91 Å². The summed E-state index contributed by atoms with van der Waals surface area (Å²) in [4.78, 5) is 12.1. The molecule has 2 N–H and O–H groups in total. The van der Waals surface area contributed by atoms with Gasteiger partial charge in [0.25, 0.3) is 5.91 Å². The zero-order valence-corrected chi connectivity index (χ0v) is 11.1. The van der Waals surface area contributed by atoms with Gasteiger partial charge in [-0.1, -0.05) is 30.7 Å². The van der Waals surface area contributed by atoms with Gasteiger partial charge in [0.1, 0.15) is 6.61 Å². The molecule has 100 valence electrons. The van der Waals surface area contributed by atoms with Crippen molar-refractivity contribution in [3.05, 3.63) is 35.4 Å². The lowest BCUT2D eigenvalue weighted by Crippen LogP contribution is -2.32. The van der Waals surface area contributed by atoms with Gasteiger partial charge in [-0.25, -0.2) is 0 Å². The summed E-state index contributed by atoms with van der Waals surface area (Å²) >= 11 is 0. The molecule has 1 saturated carbocycles. The van der Waals surface area contributed by atoms with Crippen molar-refractivity contribution in [2.75, 3.05) is 6.61 Å². The maximum atomic E-state index is 12.1. The monoisotopic (exact) mass is 257 g/mol. The molecule has 2 rings (SSSR count). The van der Waals surface area contributed by atoms with Gasteiger partial charge in [0, 0.05) is 17.2 Å². The molecule has 3 nitrogen and oxygen atoms in total. The SMILES string of the molecule is CC(CC1CC1)NC(=O)c1cccc(C#CCO)c1. The van der Waals surface area contributed by atoms with Crippen LogP contribution in [-0.2, 0) is 0 Å². The molecule has 1 aromatic rings. The van der Waals surface area contributed by atoms with E-state index >= 15 is 0 Å². The smallest absolute Gasteiger partial charge is 0.251 e. The van der Waals surface area contributed by atoms with Crippen LogP contribution in [0.15, 0.2) is 24.3 Å². The van der Waals surface area contributed by atoms with E-state index in [1.165, 1.54) is 12.8 Å². The van der Waals surface area contributed by atoms with Crippen LogP contribution in [0.2, 0.25) is 0 Å². The standard InChI is InChI=1S/C16H19NO2/c1-12(10-14-7-8-14)17-16(19)15-6-2-4-13(11-15)5-3-9-18/h2,4,6,11-12,14,18H,7-10H2,1H3,(H,17,19). The summed E-state index contributed by atoms with van der Waals surface area (Å²) < 4.78 is 0. The molecule has 0 heterocycles. The van der Waals surface area contributed by atoms with Crippen LogP contribution in [0.25, 0.3) is 0 Å². The fourth-order valence-electron chi connectivity index (χ4n) is 2.10. The second-order valence-corrected chi connectivity index (χ2v) is 5.09. The van der Waals surface area contributed by atoms with Crippen LogP contribution in [0, 0.1) is 17.8 Å². The quantitative estimate of drug-likeness (QED) is 0.810. The zero-order chi connectivity index (χ0) is 13.7. The van der Waals surface area contributed by atoms with Gasteiger partial charge in [-0.2, -0.15) is 0 Å². The summed E-state index contributed by atoms with van der Waals surface area (Å²) in [5, 5.41) is 11.7. The number of amides is 1. The highest BCUT2D eigenvalue weighted by Gasteiger charge is 2.24. The Balaban J connectivity index is 1.97. The van der Waals surface area contributed by atoms with Gasteiger partial charge >= 0.3 is 0 Å². The van der Waals surface area contributed by atoms with Crippen molar-refractivity contribution in [1.29, 1.82) is 0 Å². The van der Waals surface area contributed by atoms with E-state index in [9.17, 15) is 4.79 Å². The lowest BCUT2D eigenvalue weighted by atomic mass is 10.1. The van der Waals surface area contributed by atoms with Crippen LogP contribution in [0.5, 0.6) is 0 Å². The summed E-state index contributed by atoms with van der Waals surface area (Å²) in [6.45, 7) is 1.88. The van der Waals surface area contributed by atoms with Crippen LogP contribution in [0.1, 0.15) is 42.1 Å². The third-order valence-electron chi connectivity index (χ3n) is 3.20. The van der Waals surface area contributed by atoms with Crippen LogP contribution in [0.4, 0.5) is 0 Å². The molecule has 3 heteroatoms. The maximum Gasteiger partial charge on any atom is 0.251 e. The van der Waals surface area contributed by atoms with Gasteiger partial charge in [0.05, 0.1) is 0 Å². The van der Waals surface area contributed by atoms with E-state index in [-0.39, 0.29) is 18.6 Å². The number of nitrogens with one attached hydrogen (secondary N) is 1. The van der Waals surface area contributed by atoms with Crippen molar-refractivity contribution < 1.29 is 9.90 Å². The highest BCUT2D eigenvalue weighted by atomic mass is 16.2. The molecule has 1 atom stereocenters. The van der Waals surface area contributed by atoms with Crippen molar-refractivity contribution in [2.24, 2.45) is 5.92 Å². The lowest BCUT2D eigenvalue weighted by Gasteiger charge is -2.13. The number of carbonyl (C=O) groups excluding carboxylic acids is 1. The number of aliphatic hydroxyl groups excluding tert-OH is 1. The molecule has 0 spiro atoms. The Bertz CT molecular complexity index is 509. The molecule has 1 fully saturated rings. The Labute approximate surface area is 114 Å². The van der Waals surface area contributed by atoms with Crippen LogP contribution < -0.4 is 5.32 Å². The summed E-state index contributed by atoms with van der Waals surface area (Å²) in [5.74, 6) is 6.13. The number of rotatable bonds is 4. The third kappa shape index (κ3) is 4.42. The fraction of sp³-hybridized carbons (Fsp3) is 0.438. The molecule has 1 aliphatic rings. The van der Waals surface area contributed by atoms with Crippen LogP contribution in [0.3, 0.4) is 0 Å². The number of benzene rings is 1. The largest absolute Gasteiger partial charge is 0.384 e. The van der Waals surface area contributed by atoms with Gasteiger partial charge < -0.3 is 10.4 Å². The van der Waals surface area contributed by atoms with Crippen LogP contribution >= 0.6 is 0 Å². The topological polar surface area (TPSA) is 49.3 Å². The lowest BCUT2D eigenvalue weighted by molar-refractivity contribution is 0.0937. The van der Waals surface area contributed by atoms with E-state index in [4.69, 9.17) is 5.11 Å². The molecule has 0 aliphatic heterocycles. The Morgan fingerprint density at radius 1 is 1.53 bits per heavy atom. The Hall–Kier alpha value is -1.79. The summed E-state index contributed by atoms with van der Waals surface area (Å²) in [5.41, 5.74) is 1.36. The van der Waals surface area contributed by atoms with Crippen molar-refractivity contribution in [1.82, 2.24) is 5.32 Å². The van der Waals surface area contributed by atoms with Crippen molar-refractivity contribution in [3.8, 4) is 11.8 Å². The van der Waals surface area contributed by atoms with E-state index in [2.05, 4.69) is 17.2 Å². The number of hydrogen-bond acceptors (Lipinski definition) is 2. The van der Waals surface area contributed by atoms with Gasteiger partial charge in [0.15, 0.2) is 0 Å². The van der Waals surface area contributed by atoms with E-state index in [0.717, 1.165) is 17.9 Å². The Morgan fingerprint density at radius 2 is 2.32 bits per heavy atom. The van der Waals surface area contributed by atoms with E-state index in [0.29, 0.717) is 5.56 Å². The molecule has 0 radical (unpaired) electrons. The second-order valence-electron chi connectivity index (χ2n) is 5.09. The predicted molar refractivity (Wildman–Crippen MR) is 74.7 cm³/mol. The number of hydrogen-bond donors (Lipinski definition) is 2. The van der Waals surface area contributed by atoms with Gasteiger partial charge in [-0.05, 0) is 37.5 Å². The average molecular weight is 257 g/mol. The minimum Gasteiger partial charge on any atom is -0.384 e. The molecule has 1 unspecified atom stereocenters. The minimum absolute atomic E-state index is 0.0548. The molecule has 0 bridgehead atoms. The normalized spacial score (nSPS) is 15.3. The molecule has 1 aliphatic carbocycles. The van der Waals surface area contributed by atoms with E-state index < -0.39 is 0 Å². The molecule has 1 amide bonds. The summed E-state index contributed by atoms with van der Waals surface area (Å²) in [6, 6.07) is 7.38. The molecule has 1 aromatic carbocycles.